The Morgan fingerprint density at radius 3 is 2.27 bits per heavy atom. The molecule has 1 saturated heterocycles. The van der Waals surface area contributed by atoms with Crippen molar-refractivity contribution in [3.63, 3.8) is 0 Å². The van der Waals surface area contributed by atoms with E-state index in [2.05, 4.69) is 4.90 Å². The first-order valence-electron chi connectivity index (χ1n) is 7.52. The first kappa shape index (κ1) is 17.2. The molecule has 1 aliphatic heterocycles. The number of ether oxygens (including phenoxy) is 2. The van der Waals surface area contributed by atoms with Crippen molar-refractivity contribution in [2.75, 3.05) is 53.0 Å². The number of rotatable bonds is 7. The normalized spacial score (nSPS) is 17.5. The monoisotopic (exact) mass is 328 g/mol. The third kappa shape index (κ3) is 4.19. The van der Waals surface area contributed by atoms with Gasteiger partial charge in [0.15, 0.2) is 0 Å². The summed E-state index contributed by atoms with van der Waals surface area (Å²) in [6.45, 7) is 6.47. The molecule has 1 aromatic rings. The van der Waals surface area contributed by atoms with Crippen LogP contribution in [-0.2, 0) is 14.8 Å². The maximum absolute atomic E-state index is 12.6. The molecule has 7 heteroatoms. The molecule has 124 valence electrons. The van der Waals surface area contributed by atoms with E-state index in [9.17, 15) is 8.42 Å². The molecule has 0 saturated carbocycles. The van der Waals surface area contributed by atoms with Crippen molar-refractivity contribution in [3.8, 4) is 5.75 Å². The molecule has 0 aliphatic carbocycles. The average Bonchev–Trinajstić information content (AvgIpc) is 2.54. The fourth-order valence-corrected chi connectivity index (χ4v) is 3.86. The molecule has 0 amide bonds. The molecule has 0 N–H and O–H groups in total. The number of piperazine rings is 1. The maximum Gasteiger partial charge on any atom is 0.243 e. The molecular formula is C15H24N2O4S. The van der Waals surface area contributed by atoms with E-state index in [-0.39, 0.29) is 0 Å². The zero-order chi connectivity index (χ0) is 16.0. The van der Waals surface area contributed by atoms with Crippen LogP contribution in [0.2, 0.25) is 0 Å². The van der Waals surface area contributed by atoms with Crippen LogP contribution >= 0.6 is 0 Å². The van der Waals surface area contributed by atoms with Gasteiger partial charge >= 0.3 is 0 Å². The van der Waals surface area contributed by atoms with Crippen LogP contribution in [0.1, 0.15) is 6.92 Å². The zero-order valence-corrected chi connectivity index (χ0v) is 14.0. The Hall–Kier alpha value is -1.15. The van der Waals surface area contributed by atoms with Gasteiger partial charge in [-0.25, -0.2) is 8.42 Å². The van der Waals surface area contributed by atoms with Crippen molar-refractivity contribution in [1.29, 1.82) is 0 Å². The van der Waals surface area contributed by atoms with Gasteiger partial charge in [0.25, 0.3) is 0 Å². The highest BCUT2D eigenvalue weighted by atomic mass is 32.2. The molecular weight excluding hydrogens is 304 g/mol. The number of hydrogen-bond acceptors (Lipinski definition) is 5. The van der Waals surface area contributed by atoms with E-state index < -0.39 is 10.0 Å². The summed E-state index contributed by atoms with van der Waals surface area (Å²) in [4.78, 5) is 2.54. The zero-order valence-electron chi connectivity index (χ0n) is 13.2. The molecule has 2 rings (SSSR count). The minimum atomic E-state index is -3.42. The standard InChI is InChI=1S/C15H24N2O4S/c1-3-21-14-4-6-15(7-5-14)22(18,19)17-10-8-16(9-11-17)12-13-20-2/h4-7H,3,8-13H2,1-2H3. The first-order valence-corrected chi connectivity index (χ1v) is 8.96. The highest BCUT2D eigenvalue weighted by Gasteiger charge is 2.28. The van der Waals surface area contributed by atoms with Crippen LogP contribution < -0.4 is 4.74 Å². The predicted octanol–water partition coefficient (Wildman–Crippen LogP) is 1.04. The third-order valence-electron chi connectivity index (χ3n) is 3.72. The number of sulfonamides is 1. The summed E-state index contributed by atoms with van der Waals surface area (Å²) >= 11 is 0. The summed E-state index contributed by atoms with van der Waals surface area (Å²) in [5.41, 5.74) is 0. The quantitative estimate of drug-likeness (QED) is 0.748. The Morgan fingerprint density at radius 2 is 1.73 bits per heavy atom. The van der Waals surface area contributed by atoms with Gasteiger partial charge in [0.05, 0.1) is 18.1 Å². The van der Waals surface area contributed by atoms with E-state index in [1.165, 1.54) is 0 Å². The fraction of sp³-hybridized carbons (Fsp3) is 0.600. The van der Waals surface area contributed by atoms with Crippen molar-refractivity contribution in [2.45, 2.75) is 11.8 Å². The number of benzene rings is 1. The van der Waals surface area contributed by atoms with Gasteiger partial charge in [-0.05, 0) is 31.2 Å². The molecule has 1 heterocycles. The minimum absolute atomic E-state index is 0.321. The molecule has 0 atom stereocenters. The highest BCUT2D eigenvalue weighted by molar-refractivity contribution is 7.89. The maximum atomic E-state index is 12.6. The summed E-state index contributed by atoms with van der Waals surface area (Å²) in [5.74, 6) is 0.686. The highest BCUT2D eigenvalue weighted by Crippen LogP contribution is 2.20. The van der Waals surface area contributed by atoms with Gasteiger partial charge in [0.2, 0.25) is 10.0 Å². The first-order chi connectivity index (χ1) is 10.6. The second-order valence-electron chi connectivity index (χ2n) is 5.14. The third-order valence-corrected chi connectivity index (χ3v) is 5.63. The lowest BCUT2D eigenvalue weighted by atomic mass is 10.3. The lowest BCUT2D eigenvalue weighted by Crippen LogP contribution is -2.49. The number of nitrogens with zero attached hydrogens (tertiary/aromatic N) is 2. The average molecular weight is 328 g/mol. The van der Waals surface area contributed by atoms with E-state index in [1.54, 1.807) is 35.7 Å². The molecule has 0 aromatic heterocycles. The van der Waals surface area contributed by atoms with Crippen LogP contribution in [0.5, 0.6) is 5.75 Å². The number of hydrogen-bond donors (Lipinski definition) is 0. The van der Waals surface area contributed by atoms with Gasteiger partial charge in [-0.1, -0.05) is 0 Å². The second kappa shape index (κ2) is 7.92. The molecule has 6 nitrogen and oxygen atoms in total. The van der Waals surface area contributed by atoms with Crippen molar-refractivity contribution in [1.82, 2.24) is 9.21 Å². The van der Waals surface area contributed by atoms with E-state index >= 15 is 0 Å². The summed E-state index contributed by atoms with van der Waals surface area (Å²) < 4.78 is 37.2. The molecule has 1 fully saturated rings. The van der Waals surface area contributed by atoms with Crippen molar-refractivity contribution < 1.29 is 17.9 Å². The summed E-state index contributed by atoms with van der Waals surface area (Å²) in [6, 6.07) is 6.62. The van der Waals surface area contributed by atoms with Gasteiger partial charge < -0.3 is 9.47 Å². The fourth-order valence-electron chi connectivity index (χ4n) is 2.44. The molecule has 1 aliphatic rings. The Morgan fingerprint density at radius 1 is 1.09 bits per heavy atom. The summed E-state index contributed by atoms with van der Waals surface area (Å²) in [7, 11) is -1.74. The molecule has 0 spiro atoms. The Kier molecular flexibility index (Phi) is 6.19. The van der Waals surface area contributed by atoms with E-state index in [4.69, 9.17) is 9.47 Å². The number of methoxy groups -OCH3 is 1. The van der Waals surface area contributed by atoms with Gasteiger partial charge in [0, 0.05) is 39.8 Å². The van der Waals surface area contributed by atoms with Crippen LogP contribution in [0.4, 0.5) is 0 Å². The van der Waals surface area contributed by atoms with Crippen LogP contribution in [0.3, 0.4) is 0 Å². The molecule has 22 heavy (non-hydrogen) atoms. The van der Waals surface area contributed by atoms with E-state index in [1.807, 2.05) is 6.92 Å². The minimum Gasteiger partial charge on any atom is -0.494 e. The topological polar surface area (TPSA) is 59.1 Å². The van der Waals surface area contributed by atoms with Crippen molar-refractivity contribution >= 4 is 10.0 Å². The lowest BCUT2D eigenvalue weighted by molar-refractivity contribution is 0.123. The van der Waals surface area contributed by atoms with Gasteiger partial charge in [-0.2, -0.15) is 4.31 Å². The van der Waals surface area contributed by atoms with Crippen LogP contribution in [-0.4, -0.2) is 70.7 Å². The lowest BCUT2D eigenvalue weighted by Gasteiger charge is -2.33. The van der Waals surface area contributed by atoms with Crippen molar-refractivity contribution in [2.24, 2.45) is 0 Å². The van der Waals surface area contributed by atoms with Gasteiger partial charge in [-0.15, -0.1) is 0 Å². The van der Waals surface area contributed by atoms with Crippen LogP contribution in [0, 0.1) is 0 Å². The van der Waals surface area contributed by atoms with Gasteiger partial charge in [0.1, 0.15) is 5.75 Å². The molecule has 0 bridgehead atoms. The summed E-state index contributed by atoms with van der Waals surface area (Å²) in [6.07, 6.45) is 0. The Labute approximate surface area is 132 Å². The largest absolute Gasteiger partial charge is 0.494 e. The van der Waals surface area contributed by atoms with E-state index in [0.717, 1.165) is 19.6 Å². The summed E-state index contributed by atoms with van der Waals surface area (Å²) in [5, 5.41) is 0. The molecule has 1 aromatic carbocycles. The van der Waals surface area contributed by atoms with E-state index in [0.29, 0.717) is 36.9 Å². The molecule has 0 unspecified atom stereocenters. The Balaban J connectivity index is 1.99. The Bertz CT molecular complexity index is 551. The van der Waals surface area contributed by atoms with Gasteiger partial charge in [-0.3, -0.25) is 4.90 Å². The van der Waals surface area contributed by atoms with Crippen LogP contribution in [0.25, 0.3) is 0 Å². The SMILES string of the molecule is CCOc1ccc(S(=O)(=O)N2CCN(CCOC)CC2)cc1. The predicted molar refractivity (Wildman–Crippen MR) is 84.7 cm³/mol. The second-order valence-corrected chi connectivity index (χ2v) is 7.08. The van der Waals surface area contributed by atoms with Crippen molar-refractivity contribution in [3.05, 3.63) is 24.3 Å². The molecule has 0 radical (unpaired) electrons. The smallest absolute Gasteiger partial charge is 0.243 e. The van der Waals surface area contributed by atoms with Crippen LogP contribution in [0.15, 0.2) is 29.2 Å².